The van der Waals surface area contributed by atoms with Gasteiger partial charge in [-0.15, -0.1) is 0 Å². The van der Waals surface area contributed by atoms with Crippen molar-refractivity contribution in [1.82, 2.24) is 4.90 Å². The fraction of sp³-hybridized carbons (Fsp3) is 0.138. The van der Waals surface area contributed by atoms with Crippen molar-refractivity contribution >= 4 is 5.91 Å². The zero-order chi connectivity index (χ0) is 22.0. The number of benzene rings is 4. The van der Waals surface area contributed by atoms with Crippen molar-refractivity contribution in [3.63, 3.8) is 0 Å². The van der Waals surface area contributed by atoms with Gasteiger partial charge in [0.1, 0.15) is 0 Å². The third-order valence-electron chi connectivity index (χ3n) is 6.34. The largest absolute Gasteiger partial charge is 0.366 e. The van der Waals surface area contributed by atoms with Gasteiger partial charge in [0.05, 0.1) is 0 Å². The zero-order valence-electron chi connectivity index (χ0n) is 17.8. The van der Waals surface area contributed by atoms with Crippen LogP contribution in [0.2, 0.25) is 0 Å². The highest BCUT2D eigenvalue weighted by atomic mass is 16.3. The molecule has 0 fully saturated rings. The number of carbonyl (C=O) groups excluding carboxylic acids is 1. The second kappa shape index (κ2) is 8.45. The Kier molecular flexibility index (Phi) is 5.34. The molecule has 0 saturated carbocycles. The van der Waals surface area contributed by atoms with Gasteiger partial charge in [0.15, 0.2) is 5.72 Å². The third kappa shape index (κ3) is 3.61. The molecule has 32 heavy (non-hydrogen) atoms. The lowest BCUT2D eigenvalue weighted by Crippen LogP contribution is -2.47. The van der Waals surface area contributed by atoms with Crippen molar-refractivity contribution in [2.75, 3.05) is 6.54 Å². The third-order valence-corrected chi connectivity index (χ3v) is 6.34. The highest BCUT2D eigenvalue weighted by Crippen LogP contribution is 2.41. The highest BCUT2D eigenvalue weighted by molar-refractivity contribution is 5.99. The van der Waals surface area contributed by atoms with Crippen LogP contribution in [0.4, 0.5) is 0 Å². The van der Waals surface area contributed by atoms with Gasteiger partial charge >= 0.3 is 0 Å². The lowest BCUT2D eigenvalue weighted by molar-refractivity contribution is -0.0847. The number of nitrogens with zero attached hydrogens (tertiary/aromatic N) is 1. The summed E-state index contributed by atoms with van der Waals surface area (Å²) in [6.45, 7) is 0.380. The summed E-state index contributed by atoms with van der Waals surface area (Å²) in [6, 6.07) is 37.7. The first kappa shape index (κ1) is 20.2. The predicted octanol–water partition coefficient (Wildman–Crippen LogP) is 5.36. The molecular formula is C29H25NO2. The Hall–Kier alpha value is -3.69. The average Bonchev–Trinajstić information content (AvgIpc) is 3.05. The SMILES string of the molecule is O=C1c2ccccc2C(O)(Cc2ccccc2)N1CC(c1ccccc1)c1ccccc1. The summed E-state index contributed by atoms with van der Waals surface area (Å²) < 4.78 is 0. The average molecular weight is 420 g/mol. The molecule has 5 rings (SSSR count). The summed E-state index contributed by atoms with van der Waals surface area (Å²) in [4.78, 5) is 15.2. The molecule has 1 unspecified atom stereocenters. The standard InChI is InChI=1S/C29H25NO2/c31-28-25-18-10-11-19-27(25)29(32,20-22-12-4-1-5-13-22)30(28)21-26(23-14-6-2-7-15-23)24-16-8-3-9-17-24/h1-19,26,32H,20-21H2. The first-order valence-electron chi connectivity index (χ1n) is 10.9. The van der Waals surface area contributed by atoms with Crippen molar-refractivity contribution in [3.8, 4) is 0 Å². The highest BCUT2D eigenvalue weighted by Gasteiger charge is 2.49. The quantitative estimate of drug-likeness (QED) is 0.457. The minimum absolute atomic E-state index is 0.0574. The van der Waals surface area contributed by atoms with Gasteiger partial charge in [-0.2, -0.15) is 0 Å². The van der Waals surface area contributed by atoms with Gasteiger partial charge in [-0.05, 0) is 22.8 Å². The Labute approximate surface area is 188 Å². The molecule has 1 aliphatic rings. The molecule has 3 nitrogen and oxygen atoms in total. The van der Waals surface area contributed by atoms with E-state index in [0.717, 1.165) is 16.7 Å². The molecule has 1 atom stereocenters. The number of amides is 1. The van der Waals surface area contributed by atoms with E-state index in [2.05, 4.69) is 24.3 Å². The van der Waals surface area contributed by atoms with E-state index in [1.54, 1.807) is 4.90 Å². The molecule has 0 aliphatic carbocycles. The van der Waals surface area contributed by atoms with Crippen LogP contribution in [0.15, 0.2) is 115 Å². The van der Waals surface area contributed by atoms with Gasteiger partial charge < -0.3 is 10.0 Å². The van der Waals surface area contributed by atoms with Crippen LogP contribution >= 0.6 is 0 Å². The Morgan fingerprint density at radius 2 is 1.19 bits per heavy atom. The zero-order valence-corrected chi connectivity index (χ0v) is 17.8. The van der Waals surface area contributed by atoms with Crippen LogP contribution in [0.25, 0.3) is 0 Å². The van der Waals surface area contributed by atoms with E-state index in [-0.39, 0.29) is 11.8 Å². The predicted molar refractivity (Wildman–Crippen MR) is 126 cm³/mol. The molecule has 0 bridgehead atoms. The van der Waals surface area contributed by atoms with Crippen molar-refractivity contribution < 1.29 is 9.90 Å². The number of rotatable bonds is 6. The first-order chi connectivity index (χ1) is 15.7. The lowest BCUT2D eigenvalue weighted by atomic mass is 9.89. The minimum Gasteiger partial charge on any atom is -0.366 e. The van der Waals surface area contributed by atoms with Crippen LogP contribution in [0.5, 0.6) is 0 Å². The Bertz CT molecular complexity index is 1170. The molecule has 0 aromatic heterocycles. The lowest BCUT2D eigenvalue weighted by Gasteiger charge is -2.37. The summed E-state index contributed by atoms with van der Waals surface area (Å²) in [5, 5.41) is 12.1. The molecule has 1 amide bonds. The van der Waals surface area contributed by atoms with Crippen LogP contribution in [-0.2, 0) is 12.1 Å². The summed E-state index contributed by atoms with van der Waals surface area (Å²) in [6.07, 6.45) is 0.340. The van der Waals surface area contributed by atoms with E-state index < -0.39 is 5.72 Å². The molecular weight excluding hydrogens is 394 g/mol. The summed E-state index contributed by atoms with van der Waals surface area (Å²) in [7, 11) is 0. The minimum atomic E-state index is -1.41. The molecule has 0 spiro atoms. The molecule has 4 aromatic carbocycles. The summed E-state index contributed by atoms with van der Waals surface area (Å²) in [5.74, 6) is -0.186. The molecule has 3 heteroatoms. The molecule has 1 N–H and O–H groups in total. The van der Waals surface area contributed by atoms with Gasteiger partial charge in [-0.1, -0.05) is 109 Å². The van der Waals surface area contributed by atoms with Crippen LogP contribution in [0.3, 0.4) is 0 Å². The molecule has 0 radical (unpaired) electrons. The van der Waals surface area contributed by atoms with Crippen LogP contribution in [0, 0.1) is 0 Å². The van der Waals surface area contributed by atoms with E-state index in [1.165, 1.54) is 0 Å². The first-order valence-corrected chi connectivity index (χ1v) is 10.9. The number of fused-ring (bicyclic) bond motifs is 1. The Balaban J connectivity index is 1.59. The second-order valence-electron chi connectivity index (χ2n) is 8.31. The van der Waals surface area contributed by atoms with Crippen molar-refractivity contribution in [1.29, 1.82) is 0 Å². The maximum atomic E-state index is 13.6. The fourth-order valence-corrected chi connectivity index (χ4v) is 4.74. The fourth-order valence-electron chi connectivity index (χ4n) is 4.74. The van der Waals surface area contributed by atoms with Crippen molar-refractivity contribution in [3.05, 3.63) is 143 Å². The topological polar surface area (TPSA) is 40.5 Å². The molecule has 1 heterocycles. The maximum absolute atomic E-state index is 13.6. The number of hydrogen-bond acceptors (Lipinski definition) is 2. The van der Waals surface area contributed by atoms with Gasteiger partial charge in [-0.25, -0.2) is 0 Å². The second-order valence-corrected chi connectivity index (χ2v) is 8.31. The molecule has 4 aromatic rings. The number of carbonyl (C=O) groups is 1. The monoisotopic (exact) mass is 419 g/mol. The molecule has 0 saturated heterocycles. The Morgan fingerprint density at radius 1 is 0.688 bits per heavy atom. The summed E-state index contributed by atoms with van der Waals surface area (Å²) in [5.41, 5.74) is 3.06. The van der Waals surface area contributed by atoms with E-state index in [9.17, 15) is 9.90 Å². The van der Waals surface area contributed by atoms with Crippen molar-refractivity contribution in [2.24, 2.45) is 0 Å². The van der Waals surface area contributed by atoms with Crippen molar-refractivity contribution in [2.45, 2.75) is 18.1 Å². The van der Waals surface area contributed by atoms with E-state index >= 15 is 0 Å². The van der Waals surface area contributed by atoms with Gasteiger partial charge in [0.25, 0.3) is 5.91 Å². The maximum Gasteiger partial charge on any atom is 0.256 e. The molecule has 158 valence electrons. The van der Waals surface area contributed by atoms with E-state index in [1.807, 2.05) is 91.0 Å². The summed E-state index contributed by atoms with van der Waals surface area (Å²) >= 11 is 0. The van der Waals surface area contributed by atoms with Crippen LogP contribution < -0.4 is 0 Å². The normalized spacial score (nSPS) is 17.6. The van der Waals surface area contributed by atoms with Crippen LogP contribution in [0.1, 0.15) is 38.5 Å². The van der Waals surface area contributed by atoms with Gasteiger partial charge in [0.2, 0.25) is 0 Å². The smallest absolute Gasteiger partial charge is 0.256 e. The number of hydrogen-bond donors (Lipinski definition) is 1. The Morgan fingerprint density at radius 3 is 1.78 bits per heavy atom. The number of aliphatic hydroxyl groups is 1. The molecule has 1 aliphatic heterocycles. The van der Waals surface area contributed by atoms with Gasteiger partial charge in [-0.3, -0.25) is 4.79 Å². The van der Waals surface area contributed by atoms with Crippen LogP contribution in [-0.4, -0.2) is 22.5 Å². The van der Waals surface area contributed by atoms with E-state index in [0.29, 0.717) is 24.1 Å². The van der Waals surface area contributed by atoms with Gasteiger partial charge in [0, 0.05) is 30.0 Å². The van der Waals surface area contributed by atoms with E-state index in [4.69, 9.17) is 0 Å².